The van der Waals surface area contributed by atoms with Crippen LogP contribution in [0.1, 0.15) is 5.69 Å². The van der Waals surface area contributed by atoms with Gasteiger partial charge in [0.15, 0.2) is 0 Å². The highest BCUT2D eigenvalue weighted by Gasteiger charge is 2.22. The molecule has 0 amide bonds. The lowest BCUT2D eigenvalue weighted by Gasteiger charge is -2.16. The highest BCUT2D eigenvalue weighted by atomic mass is 35.5. The first kappa shape index (κ1) is 19.7. The molecule has 0 N–H and O–H groups in total. The van der Waals surface area contributed by atoms with Crippen LogP contribution in [0.15, 0.2) is 30.3 Å². The minimum Gasteiger partial charge on any atom is -0.497 e. The average molecular weight is 428 g/mol. The van der Waals surface area contributed by atoms with Crippen molar-refractivity contribution in [2.45, 2.75) is 6.92 Å². The van der Waals surface area contributed by atoms with Crippen molar-refractivity contribution in [3.8, 4) is 33.9 Å². The standard InChI is InChI=1S/C19H14Cl3FN2O2/c1-9-16(12-5-4-10(23)6-14(12)20)18(25-19(22)24-9)13-7-11(26-2)8-15(27-3)17(13)21/h4-8H,1-3H3. The lowest BCUT2D eigenvalue weighted by Crippen LogP contribution is -2.00. The summed E-state index contributed by atoms with van der Waals surface area (Å²) >= 11 is 18.9. The quantitative estimate of drug-likeness (QED) is 0.463. The minimum atomic E-state index is -0.445. The van der Waals surface area contributed by atoms with Crippen LogP contribution in [-0.2, 0) is 0 Å². The molecule has 0 saturated carbocycles. The van der Waals surface area contributed by atoms with E-state index in [9.17, 15) is 4.39 Å². The van der Waals surface area contributed by atoms with Crippen molar-refractivity contribution in [2.75, 3.05) is 14.2 Å². The van der Waals surface area contributed by atoms with Gasteiger partial charge in [0.05, 0.1) is 35.7 Å². The topological polar surface area (TPSA) is 44.2 Å². The van der Waals surface area contributed by atoms with E-state index in [2.05, 4.69) is 9.97 Å². The van der Waals surface area contributed by atoms with Crippen LogP contribution in [0, 0.1) is 12.7 Å². The molecular weight excluding hydrogens is 414 g/mol. The maximum Gasteiger partial charge on any atom is 0.223 e. The molecule has 0 spiro atoms. The number of hydrogen-bond donors (Lipinski definition) is 0. The number of methoxy groups -OCH3 is 2. The second kappa shape index (κ2) is 7.89. The minimum absolute atomic E-state index is 0.0438. The van der Waals surface area contributed by atoms with Crippen LogP contribution in [0.25, 0.3) is 22.4 Å². The van der Waals surface area contributed by atoms with Crippen LogP contribution in [0.4, 0.5) is 4.39 Å². The number of rotatable bonds is 4. The third-order valence-electron chi connectivity index (χ3n) is 3.99. The lowest BCUT2D eigenvalue weighted by molar-refractivity contribution is 0.395. The fourth-order valence-electron chi connectivity index (χ4n) is 2.76. The molecule has 1 aromatic heterocycles. The zero-order valence-corrected chi connectivity index (χ0v) is 16.9. The summed E-state index contributed by atoms with van der Waals surface area (Å²) in [7, 11) is 3.03. The van der Waals surface area contributed by atoms with Crippen LogP contribution in [0.3, 0.4) is 0 Å². The summed E-state index contributed by atoms with van der Waals surface area (Å²) in [5, 5.41) is 0.588. The van der Waals surface area contributed by atoms with Gasteiger partial charge in [-0.1, -0.05) is 23.2 Å². The molecule has 2 aromatic carbocycles. The van der Waals surface area contributed by atoms with Crippen molar-refractivity contribution in [1.82, 2.24) is 9.97 Å². The molecule has 3 rings (SSSR count). The second-order valence-corrected chi connectivity index (χ2v) is 6.74. The number of ether oxygens (including phenoxy) is 2. The first-order valence-electron chi connectivity index (χ1n) is 7.77. The summed E-state index contributed by atoms with van der Waals surface area (Å²) in [4.78, 5) is 8.57. The molecule has 4 nitrogen and oxygen atoms in total. The summed E-state index contributed by atoms with van der Waals surface area (Å²) < 4.78 is 24.2. The number of halogens is 4. The van der Waals surface area contributed by atoms with Gasteiger partial charge in [0, 0.05) is 22.8 Å². The van der Waals surface area contributed by atoms with Crippen LogP contribution in [0.2, 0.25) is 15.3 Å². The third kappa shape index (κ3) is 3.81. The van der Waals surface area contributed by atoms with Crippen LogP contribution >= 0.6 is 34.8 Å². The maximum atomic E-state index is 13.5. The van der Waals surface area contributed by atoms with Crippen molar-refractivity contribution < 1.29 is 13.9 Å². The smallest absolute Gasteiger partial charge is 0.223 e. The number of nitrogens with zero attached hydrogens (tertiary/aromatic N) is 2. The fourth-order valence-corrected chi connectivity index (χ4v) is 3.51. The van der Waals surface area contributed by atoms with E-state index in [1.807, 2.05) is 0 Å². The molecular formula is C19H14Cl3FN2O2. The molecule has 0 aliphatic carbocycles. The van der Waals surface area contributed by atoms with Gasteiger partial charge in [-0.3, -0.25) is 0 Å². The summed E-state index contributed by atoms with van der Waals surface area (Å²) in [6.07, 6.45) is 0. The molecule has 0 atom stereocenters. The van der Waals surface area contributed by atoms with E-state index in [1.165, 1.54) is 26.4 Å². The predicted octanol–water partition coefficient (Wildman–Crippen LogP) is 6.24. The van der Waals surface area contributed by atoms with E-state index in [0.717, 1.165) is 0 Å². The average Bonchev–Trinajstić information content (AvgIpc) is 2.62. The predicted molar refractivity (Wildman–Crippen MR) is 106 cm³/mol. The van der Waals surface area contributed by atoms with Gasteiger partial charge in [-0.15, -0.1) is 0 Å². The molecule has 0 aliphatic heterocycles. The van der Waals surface area contributed by atoms with Crippen LogP contribution in [-0.4, -0.2) is 24.2 Å². The maximum absolute atomic E-state index is 13.5. The molecule has 0 bridgehead atoms. The Morgan fingerprint density at radius 3 is 2.30 bits per heavy atom. The zero-order valence-electron chi connectivity index (χ0n) is 14.6. The van der Waals surface area contributed by atoms with Gasteiger partial charge in [-0.2, -0.15) is 0 Å². The van der Waals surface area contributed by atoms with Gasteiger partial charge < -0.3 is 9.47 Å². The Labute approximate surface area is 170 Å². The Morgan fingerprint density at radius 2 is 1.67 bits per heavy atom. The lowest BCUT2D eigenvalue weighted by atomic mass is 9.97. The van der Waals surface area contributed by atoms with E-state index in [4.69, 9.17) is 44.3 Å². The van der Waals surface area contributed by atoms with Crippen molar-refractivity contribution >= 4 is 34.8 Å². The van der Waals surface area contributed by atoms with Crippen LogP contribution in [0.5, 0.6) is 11.5 Å². The molecule has 140 valence electrons. The van der Waals surface area contributed by atoms with Gasteiger partial charge in [0.25, 0.3) is 0 Å². The van der Waals surface area contributed by atoms with Crippen molar-refractivity contribution in [2.24, 2.45) is 0 Å². The first-order valence-corrected chi connectivity index (χ1v) is 8.90. The molecule has 1 heterocycles. The number of aryl methyl sites for hydroxylation is 1. The molecule has 3 aromatic rings. The number of aromatic nitrogens is 2. The summed E-state index contributed by atoms with van der Waals surface area (Å²) in [6, 6.07) is 7.47. The summed E-state index contributed by atoms with van der Waals surface area (Å²) in [5.74, 6) is 0.489. The number of benzene rings is 2. The van der Waals surface area contributed by atoms with E-state index >= 15 is 0 Å². The highest BCUT2D eigenvalue weighted by Crippen LogP contribution is 2.44. The van der Waals surface area contributed by atoms with Crippen LogP contribution < -0.4 is 9.47 Å². The van der Waals surface area contributed by atoms with Gasteiger partial charge in [-0.25, -0.2) is 14.4 Å². The molecule has 0 fully saturated rings. The zero-order chi connectivity index (χ0) is 19.7. The van der Waals surface area contributed by atoms with E-state index in [0.29, 0.717) is 44.6 Å². The van der Waals surface area contributed by atoms with Crippen molar-refractivity contribution in [1.29, 1.82) is 0 Å². The molecule has 8 heteroatoms. The Kier molecular flexibility index (Phi) is 5.75. The SMILES string of the molecule is COc1cc(OC)c(Cl)c(-c2nc(Cl)nc(C)c2-c2ccc(F)cc2Cl)c1. The molecule has 0 saturated heterocycles. The van der Waals surface area contributed by atoms with E-state index < -0.39 is 5.82 Å². The molecule has 27 heavy (non-hydrogen) atoms. The molecule has 0 radical (unpaired) electrons. The monoisotopic (exact) mass is 426 g/mol. The summed E-state index contributed by atoms with van der Waals surface area (Å²) in [5.41, 5.74) is 2.66. The second-order valence-electron chi connectivity index (χ2n) is 5.62. The largest absolute Gasteiger partial charge is 0.497 e. The van der Waals surface area contributed by atoms with Crippen molar-refractivity contribution in [3.63, 3.8) is 0 Å². The Bertz CT molecular complexity index is 1030. The first-order chi connectivity index (χ1) is 12.8. The molecule has 0 aliphatic rings. The van der Waals surface area contributed by atoms with Crippen molar-refractivity contribution in [3.05, 3.63) is 57.2 Å². The Hall–Kier alpha value is -2.08. The third-order valence-corrected chi connectivity index (χ3v) is 4.86. The highest BCUT2D eigenvalue weighted by molar-refractivity contribution is 6.36. The van der Waals surface area contributed by atoms with Gasteiger partial charge in [0.1, 0.15) is 17.3 Å². The van der Waals surface area contributed by atoms with E-state index in [-0.39, 0.29) is 10.3 Å². The summed E-state index contributed by atoms with van der Waals surface area (Å²) in [6.45, 7) is 1.76. The fraction of sp³-hybridized carbons (Fsp3) is 0.158. The molecule has 0 unspecified atom stereocenters. The van der Waals surface area contributed by atoms with Gasteiger partial charge in [-0.05, 0) is 42.8 Å². The Balaban J connectivity index is 2.38. The van der Waals surface area contributed by atoms with E-state index in [1.54, 1.807) is 25.1 Å². The Morgan fingerprint density at radius 1 is 0.926 bits per heavy atom. The van der Waals surface area contributed by atoms with Gasteiger partial charge >= 0.3 is 0 Å². The normalized spacial score (nSPS) is 10.8. The number of hydrogen-bond acceptors (Lipinski definition) is 4. The van der Waals surface area contributed by atoms with Gasteiger partial charge in [0.2, 0.25) is 5.28 Å².